The van der Waals surface area contributed by atoms with Crippen LogP contribution in [0.15, 0.2) is 65.7 Å². The fourth-order valence-electron chi connectivity index (χ4n) is 6.38. The van der Waals surface area contributed by atoms with Gasteiger partial charge < -0.3 is 42.2 Å². The number of nitrogens with two attached hydrogens (primary N) is 3. The van der Waals surface area contributed by atoms with E-state index in [-0.39, 0.29) is 70.8 Å². The van der Waals surface area contributed by atoms with Gasteiger partial charge in [0.2, 0.25) is 0 Å². The van der Waals surface area contributed by atoms with Gasteiger partial charge in [0.15, 0.2) is 38.3 Å². The van der Waals surface area contributed by atoms with Crippen LogP contribution >= 0.6 is 11.6 Å². The minimum atomic E-state index is -3.46. The molecular formula is C40H52ClN8O9S2-. The van der Waals surface area contributed by atoms with E-state index in [0.29, 0.717) is 36.2 Å². The summed E-state index contributed by atoms with van der Waals surface area (Å²) >= 11 is 3.53. The van der Waals surface area contributed by atoms with Crippen molar-refractivity contribution in [3.8, 4) is 11.5 Å². The third-order valence-electron chi connectivity index (χ3n) is 9.52. The molecule has 60 heavy (non-hydrogen) atoms. The Hall–Kier alpha value is -4.89. The summed E-state index contributed by atoms with van der Waals surface area (Å²) in [6, 6.07) is 17.2. The number of amides is 1. The first-order valence-corrected chi connectivity index (χ1v) is 22.8. The quantitative estimate of drug-likeness (QED) is 0.0244. The fraction of sp³-hybridized carbons (Fsp3) is 0.400. The molecule has 4 aromatic rings. The van der Waals surface area contributed by atoms with Crippen LogP contribution < -0.4 is 22.5 Å². The molecule has 0 saturated carbocycles. The standard InChI is InChI=1S/C40H53ClN8O9S2/c1-60(57,58)24-30-21-28(13-15-32(30)51)34(53)23-49(22-33(52)27-12-14-31(50)29(20-27)16-19-59(55)56)18-5-3-7-26-10-8-25(9-11-26)6-2-4-17-45-40(44)48-39(54)35-37(42)47-38(43)36(41)46-35/h8-15,20-21,33-34,50-53H,2-7,16-19,22-24H2,1H3,(H,55,56)(H4,42,43,47)(H3,44,45,48,54)/p-1/t33-,34-/m0/s1. The molecule has 0 aliphatic rings. The van der Waals surface area contributed by atoms with Gasteiger partial charge in [0.1, 0.15) is 11.5 Å². The van der Waals surface area contributed by atoms with E-state index >= 15 is 0 Å². The number of aliphatic hydroxyl groups excluding tert-OH is 2. The van der Waals surface area contributed by atoms with E-state index in [4.69, 9.17) is 28.8 Å². The number of guanidine groups is 1. The van der Waals surface area contributed by atoms with Crippen molar-refractivity contribution in [3.05, 3.63) is 105 Å². The van der Waals surface area contributed by atoms with E-state index in [1.165, 1.54) is 24.3 Å². The molecule has 0 fully saturated rings. The summed E-state index contributed by atoms with van der Waals surface area (Å²) in [5.74, 6) is -1.92. The average Bonchev–Trinajstić information content (AvgIpc) is 3.18. The van der Waals surface area contributed by atoms with Gasteiger partial charge in [-0.2, -0.15) is 0 Å². The Labute approximate surface area is 356 Å². The number of carbonyl (C=O) groups is 1. The monoisotopic (exact) mass is 887 g/mol. The van der Waals surface area contributed by atoms with Crippen LogP contribution in [0.5, 0.6) is 11.5 Å². The zero-order chi connectivity index (χ0) is 44.0. The summed E-state index contributed by atoms with van der Waals surface area (Å²) in [5.41, 5.74) is 20.6. The highest BCUT2D eigenvalue weighted by atomic mass is 35.5. The minimum absolute atomic E-state index is 0.0739. The number of aryl methyl sites for hydroxylation is 3. The molecule has 0 aliphatic heterocycles. The van der Waals surface area contributed by atoms with Crippen LogP contribution in [0, 0.1) is 0 Å². The molecule has 20 heteroatoms. The van der Waals surface area contributed by atoms with Crippen LogP contribution in [0.2, 0.25) is 5.15 Å². The third kappa shape index (κ3) is 15.6. The van der Waals surface area contributed by atoms with Crippen LogP contribution in [-0.2, 0) is 45.9 Å². The summed E-state index contributed by atoms with van der Waals surface area (Å²) in [6.45, 7) is 1.08. The largest absolute Gasteiger partial charge is 0.772 e. The number of hydrogen-bond acceptors (Lipinski definition) is 15. The molecule has 11 N–H and O–H groups in total. The molecule has 1 unspecified atom stereocenters. The van der Waals surface area contributed by atoms with E-state index in [0.717, 1.165) is 49.5 Å². The van der Waals surface area contributed by atoms with Crippen molar-refractivity contribution in [2.75, 3.05) is 49.7 Å². The van der Waals surface area contributed by atoms with Gasteiger partial charge in [-0.05, 0) is 104 Å². The second kappa shape index (κ2) is 22.6. The number of benzene rings is 3. The number of carbonyl (C=O) groups excluding carboxylic acids is 1. The molecule has 326 valence electrons. The lowest BCUT2D eigenvalue weighted by Crippen LogP contribution is -2.38. The highest BCUT2D eigenvalue weighted by Gasteiger charge is 2.21. The Kier molecular flexibility index (Phi) is 18.0. The molecular weight excluding hydrogens is 836 g/mol. The summed E-state index contributed by atoms with van der Waals surface area (Å²) in [5, 5.41) is 45.3. The van der Waals surface area contributed by atoms with Gasteiger partial charge >= 0.3 is 0 Å². The lowest BCUT2D eigenvalue weighted by molar-refractivity contribution is 0.0678. The Morgan fingerprint density at radius 3 is 1.98 bits per heavy atom. The molecule has 1 aromatic heterocycles. The smallest absolute Gasteiger partial charge is 0.280 e. The number of anilines is 2. The number of nitrogen functional groups attached to an aromatic ring is 2. The first kappa shape index (κ1) is 47.8. The Morgan fingerprint density at radius 1 is 0.867 bits per heavy atom. The number of aromatic hydroxyl groups is 2. The van der Waals surface area contributed by atoms with Crippen molar-refractivity contribution in [1.29, 1.82) is 0 Å². The number of sulfone groups is 1. The van der Waals surface area contributed by atoms with Crippen molar-refractivity contribution in [2.45, 2.75) is 62.9 Å². The highest BCUT2D eigenvalue weighted by Crippen LogP contribution is 2.27. The van der Waals surface area contributed by atoms with Gasteiger partial charge in [0.25, 0.3) is 5.91 Å². The number of nitrogens with one attached hydrogen (secondary N) is 1. The number of phenolic OH excluding ortho intramolecular Hbond substituents is 2. The van der Waals surface area contributed by atoms with Crippen molar-refractivity contribution in [1.82, 2.24) is 20.2 Å². The second-order valence-corrected chi connectivity index (χ2v) is 18.0. The zero-order valence-corrected chi connectivity index (χ0v) is 35.6. The Morgan fingerprint density at radius 2 is 1.42 bits per heavy atom. The number of aliphatic imine (C=N–C) groups is 1. The van der Waals surface area contributed by atoms with E-state index in [2.05, 4.69) is 44.5 Å². The van der Waals surface area contributed by atoms with Crippen LogP contribution in [0.3, 0.4) is 0 Å². The average molecular weight is 888 g/mol. The van der Waals surface area contributed by atoms with E-state index < -0.39 is 44.8 Å². The zero-order valence-electron chi connectivity index (χ0n) is 33.2. The van der Waals surface area contributed by atoms with Gasteiger partial charge in [0, 0.05) is 37.2 Å². The molecule has 3 atom stereocenters. The summed E-state index contributed by atoms with van der Waals surface area (Å²) in [6.07, 6.45) is 3.69. The molecule has 0 radical (unpaired) electrons. The lowest BCUT2D eigenvalue weighted by Gasteiger charge is -2.28. The van der Waals surface area contributed by atoms with Crippen molar-refractivity contribution in [2.24, 2.45) is 10.7 Å². The molecule has 0 saturated heterocycles. The third-order valence-corrected chi connectivity index (χ3v) is 11.2. The molecule has 3 aromatic carbocycles. The number of hydrogen-bond donors (Lipinski definition) is 8. The van der Waals surface area contributed by atoms with Gasteiger partial charge in [0.05, 0.1) is 18.0 Å². The SMILES string of the molecule is CS(=O)(=O)Cc1cc([C@@H](O)CN(CCCCc2ccc(CCCCN=C(N)NC(=O)c3nc(Cl)c(N)nc3N)cc2)C[C@H](O)c2ccc(O)c(CCS(=O)[O-])c2)ccc1O. The number of aliphatic hydroxyl groups is 2. The van der Waals surface area contributed by atoms with Crippen molar-refractivity contribution >= 4 is 56.0 Å². The summed E-state index contributed by atoms with van der Waals surface area (Å²) < 4.78 is 46.1. The summed E-state index contributed by atoms with van der Waals surface area (Å²) in [4.78, 5) is 26.1. The van der Waals surface area contributed by atoms with E-state index in [1.807, 2.05) is 4.90 Å². The minimum Gasteiger partial charge on any atom is -0.772 e. The maximum Gasteiger partial charge on any atom is 0.280 e. The first-order chi connectivity index (χ1) is 28.4. The van der Waals surface area contributed by atoms with Gasteiger partial charge in [-0.25, -0.2) is 18.4 Å². The fourth-order valence-corrected chi connectivity index (χ4v) is 7.68. The number of unbranched alkanes of at least 4 members (excludes halogenated alkanes) is 2. The number of phenols is 2. The predicted octanol–water partition coefficient (Wildman–Crippen LogP) is 2.83. The first-order valence-electron chi connectivity index (χ1n) is 19.1. The normalized spacial score (nSPS) is 13.6. The Bertz CT molecular complexity index is 2250. The molecule has 0 spiro atoms. The van der Waals surface area contributed by atoms with Crippen molar-refractivity contribution < 1.29 is 42.4 Å². The number of aromatic nitrogens is 2. The van der Waals surface area contributed by atoms with Crippen LogP contribution in [0.25, 0.3) is 0 Å². The molecule has 0 bridgehead atoms. The second-order valence-electron chi connectivity index (χ2n) is 14.5. The van der Waals surface area contributed by atoms with Crippen LogP contribution in [-0.4, -0.2) is 103 Å². The van der Waals surface area contributed by atoms with Gasteiger partial charge in [-0.3, -0.25) is 24.2 Å². The maximum absolute atomic E-state index is 12.4. The van der Waals surface area contributed by atoms with E-state index in [1.54, 1.807) is 12.1 Å². The number of halogens is 1. The maximum atomic E-state index is 12.4. The van der Waals surface area contributed by atoms with Crippen LogP contribution in [0.1, 0.15) is 81.8 Å². The summed E-state index contributed by atoms with van der Waals surface area (Å²) in [7, 11) is -3.46. The Balaban J connectivity index is 1.30. The predicted molar refractivity (Wildman–Crippen MR) is 231 cm³/mol. The molecule has 1 heterocycles. The van der Waals surface area contributed by atoms with Gasteiger partial charge in [-0.1, -0.05) is 59.1 Å². The molecule has 17 nitrogen and oxygen atoms in total. The van der Waals surface area contributed by atoms with Crippen molar-refractivity contribution in [3.63, 3.8) is 0 Å². The highest BCUT2D eigenvalue weighted by molar-refractivity contribution is 7.89. The topological polar surface area (TPSA) is 304 Å². The lowest BCUT2D eigenvalue weighted by atomic mass is 10.0. The number of rotatable bonds is 22. The van der Waals surface area contributed by atoms with Gasteiger partial charge in [-0.15, -0.1) is 0 Å². The van der Waals surface area contributed by atoms with Crippen LogP contribution in [0.4, 0.5) is 11.6 Å². The molecule has 4 rings (SSSR count). The number of nitrogens with zero attached hydrogens (tertiary/aromatic N) is 4. The molecule has 1 amide bonds. The van der Waals surface area contributed by atoms with E-state index in [9.17, 15) is 42.4 Å². The molecule has 0 aliphatic carbocycles.